The van der Waals surface area contributed by atoms with Gasteiger partial charge in [0.05, 0.1) is 12.6 Å². The van der Waals surface area contributed by atoms with E-state index in [1.54, 1.807) is 0 Å². The molecule has 1 aliphatic heterocycles. The number of hydrogen-bond acceptors (Lipinski definition) is 3. The summed E-state index contributed by atoms with van der Waals surface area (Å²) >= 11 is 0. The van der Waals surface area contributed by atoms with Gasteiger partial charge in [0, 0.05) is 17.8 Å². The fourth-order valence-electron chi connectivity index (χ4n) is 3.05. The number of pyridine rings is 1. The average molecular weight is 282 g/mol. The summed E-state index contributed by atoms with van der Waals surface area (Å²) in [6.45, 7) is 7.98. The highest BCUT2D eigenvalue weighted by molar-refractivity contribution is 5.43. The van der Waals surface area contributed by atoms with E-state index in [-0.39, 0.29) is 6.04 Å². The van der Waals surface area contributed by atoms with Crippen molar-refractivity contribution in [1.29, 1.82) is 0 Å². The Morgan fingerprint density at radius 2 is 1.90 bits per heavy atom. The van der Waals surface area contributed by atoms with E-state index >= 15 is 0 Å². The van der Waals surface area contributed by atoms with E-state index in [0.29, 0.717) is 0 Å². The maximum atomic E-state index is 5.61. The molecule has 0 amide bonds. The van der Waals surface area contributed by atoms with E-state index in [9.17, 15) is 0 Å². The first-order valence-corrected chi connectivity index (χ1v) is 7.61. The van der Waals surface area contributed by atoms with Crippen molar-refractivity contribution in [1.82, 2.24) is 10.3 Å². The van der Waals surface area contributed by atoms with Crippen molar-refractivity contribution in [2.45, 2.75) is 33.2 Å². The van der Waals surface area contributed by atoms with Gasteiger partial charge in [0.15, 0.2) is 0 Å². The molecule has 1 aromatic carbocycles. The van der Waals surface area contributed by atoms with E-state index in [1.165, 1.54) is 16.7 Å². The molecule has 2 heterocycles. The van der Waals surface area contributed by atoms with Crippen molar-refractivity contribution in [3.05, 3.63) is 58.4 Å². The van der Waals surface area contributed by atoms with Crippen molar-refractivity contribution in [2.24, 2.45) is 0 Å². The Hall–Kier alpha value is -1.87. The normalized spacial score (nSPS) is 14.6. The molecule has 2 aromatic rings. The Bertz CT molecular complexity index is 631. The summed E-state index contributed by atoms with van der Waals surface area (Å²) in [4.78, 5) is 4.48. The van der Waals surface area contributed by atoms with Gasteiger partial charge in [-0.3, -0.25) is 4.98 Å². The fraction of sp³-hybridized carbons (Fsp3) is 0.389. The second-order valence-corrected chi connectivity index (χ2v) is 5.64. The molecule has 1 atom stereocenters. The van der Waals surface area contributed by atoms with Crippen LogP contribution in [-0.2, 0) is 6.42 Å². The first-order valence-electron chi connectivity index (χ1n) is 7.61. The van der Waals surface area contributed by atoms with Crippen LogP contribution in [0.1, 0.15) is 41.0 Å². The van der Waals surface area contributed by atoms with E-state index in [0.717, 1.165) is 36.7 Å². The first-order chi connectivity index (χ1) is 10.2. The minimum Gasteiger partial charge on any atom is -0.493 e. The fourth-order valence-corrected chi connectivity index (χ4v) is 3.05. The first kappa shape index (κ1) is 14.1. The number of hydrogen-bond donors (Lipinski definition) is 1. The second kappa shape index (κ2) is 5.86. The zero-order chi connectivity index (χ0) is 14.8. The molecule has 0 bridgehead atoms. The maximum Gasteiger partial charge on any atom is 0.122 e. The summed E-state index contributed by atoms with van der Waals surface area (Å²) in [6, 6.07) is 11.1. The summed E-state index contributed by atoms with van der Waals surface area (Å²) in [6.07, 6.45) is 1.01. The monoisotopic (exact) mass is 282 g/mol. The van der Waals surface area contributed by atoms with Crippen molar-refractivity contribution >= 4 is 0 Å². The van der Waals surface area contributed by atoms with E-state index < -0.39 is 0 Å². The van der Waals surface area contributed by atoms with Crippen LogP contribution in [0.15, 0.2) is 30.3 Å². The molecule has 0 spiro atoms. The van der Waals surface area contributed by atoms with Gasteiger partial charge in [0.1, 0.15) is 5.75 Å². The third kappa shape index (κ3) is 2.93. The van der Waals surface area contributed by atoms with Gasteiger partial charge in [-0.15, -0.1) is 0 Å². The van der Waals surface area contributed by atoms with E-state index in [4.69, 9.17) is 4.74 Å². The Balaban J connectivity index is 2.01. The van der Waals surface area contributed by atoms with Crippen LogP contribution >= 0.6 is 0 Å². The summed E-state index contributed by atoms with van der Waals surface area (Å²) in [5, 5.41) is 3.59. The van der Waals surface area contributed by atoms with Gasteiger partial charge < -0.3 is 10.1 Å². The molecule has 110 valence electrons. The lowest BCUT2D eigenvalue weighted by Crippen LogP contribution is -2.22. The summed E-state index contributed by atoms with van der Waals surface area (Å²) in [5.41, 5.74) is 6.03. The van der Waals surface area contributed by atoms with Crippen molar-refractivity contribution in [3.63, 3.8) is 0 Å². The van der Waals surface area contributed by atoms with E-state index in [1.807, 2.05) is 0 Å². The number of ether oxygens (including phenoxy) is 1. The van der Waals surface area contributed by atoms with Crippen LogP contribution in [0, 0.1) is 13.8 Å². The lowest BCUT2D eigenvalue weighted by atomic mass is 9.96. The van der Waals surface area contributed by atoms with Gasteiger partial charge in [-0.25, -0.2) is 0 Å². The van der Waals surface area contributed by atoms with Crippen LogP contribution in [0.4, 0.5) is 0 Å². The second-order valence-electron chi connectivity index (χ2n) is 5.64. The molecule has 1 N–H and O–H groups in total. The highest BCUT2D eigenvalue weighted by atomic mass is 16.5. The molecule has 0 aliphatic carbocycles. The van der Waals surface area contributed by atoms with Crippen LogP contribution in [0.25, 0.3) is 0 Å². The largest absolute Gasteiger partial charge is 0.493 e. The molecule has 0 radical (unpaired) electrons. The number of nitrogens with zero attached hydrogens (tertiary/aromatic N) is 1. The van der Waals surface area contributed by atoms with Crippen LogP contribution in [-0.4, -0.2) is 18.1 Å². The summed E-state index contributed by atoms with van der Waals surface area (Å²) < 4.78 is 5.61. The Labute approximate surface area is 126 Å². The molecule has 1 unspecified atom stereocenters. The van der Waals surface area contributed by atoms with Crippen molar-refractivity contribution in [3.8, 4) is 5.75 Å². The molecule has 0 fully saturated rings. The molecule has 1 aliphatic rings. The van der Waals surface area contributed by atoms with Gasteiger partial charge in [-0.2, -0.15) is 0 Å². The summed E-state index contributed by atoms with van der Waals surface area (Å²) in [5.74, 6) is 1.04. The number of aryl methyl sites for hydroxylation is 2. The van der Waals surface area contributed by atoms with E-state index in [2.05, 4.69) is 61.4 Å². The third-order valence-electron chi connectivity index (χ3n) is 3.89. The van der Waals surface area contributed by atoms with Gasteiger partial charge in [-0.1, -0.05) is 19.1 Å². The van der Waals surface area contributed by atoms with Crippen LogP contribution < -0.4 is 10.1 Å². The highest BCUT2D eigenvalue weighted by Gasteiger charge is 2.18. The highest BCUT2D eigenvalue weighted by Crippen LogP contribution is 2.30. The molecule has 0 saturated heterocycles. The Morgan fingerprint density at radius 1 is 1.14 bits per heavy atom. The Kier molecular flexibility index (Phi) is 3.93. The topological polar surface area (TPSA) is 34.2 Å². The molecule has 3 nitrogen and oxygen atoms in total. The van der Waals surface area contributed by atoms with Gasteiger partial charge >= 0.3 is 0 Å². The number of rotatable bonds is 4. The molecular weight excluding hydrogens is 260 g/mol. The van der Waals surface area contributed by atoms with Gasteiger partial charge in [0.2, 0.25) is 0 Å². The minimum absolute atomic E-state index is 0.210. The molecule has 3 heteroatoms. The predicted octanol–water partition coefficient (Wildman–Crippen LogP) is 3.33. The average Bonchev–Trinajstić information content (AvgIpc) is 2.91. The van der Waals surface area contributed by atoms with Crippen LogP contribution in [0.3, 0.4) is 0 Å². The summed E-state index contributed by atoms with van der Waals surface area (Å²) in [7, 11) is 0. The number of nitrogens with one attached hydrogen (secondary N) is 1. The van der Waals surface area contributed by atoms with Crippen molar-refractivity contribution in [2.75, 3.05) is 13.2 Å². The zero-order valence-corrected chi connectivity index (χ0v) is 12.9. The lowest BCUT2D eigenvalue weighted by Gasteiger charge is -2.20. The smallest absolute Gasteiger partial charge is 0.122 e. The van der Waals surface area contributed by atoms with Gasteiger partial charge in [0.25, 0.3) is 0 Å². The van der Waals surface area contributed by atoms with Gasteiger partial charge in [-0.05, 0) is 55.3 Å². The third-order valence-corrected chi connectivity index (χ3v) is 3.89. The molecule has 3 rings (SSSR count). The minimum atomic E-state index is 0.210. The molecule has 21 heavy (non-hydrogen) atoms. The standard InChI is InChI=1S/C18H22N2O/c1-4-19-18(16-9-12(2)20-13(3)10-16)15-5-6-17-14(11-15)7-8-21-17/h5-6,9-11,18-19H,4,7-8H2,1-3H3. The molecular formula is C18H22N2O. The molecule has 0 saturated carbocycles. The number of benzene rings is 1. The molecule has 1 aromatic heterocycles. The van der Waals surface area contributed by atoms with Crippen LogP contribution in [0.2, 0.25) is 0 Å². The maximum absolute atomic E-state index is 5.61. The number of fused-ring (bicyclic) bond motifs is 1. The quantitative estimate of drug-likeness (QED) is 0.934. The predicted molar refractivity (Wildman–Crippen MR) is 84.9 cm³/mol. The van der Waals surface area contributed by atoms with Crippen molar-refractivity contribution < 1.29 is 4.74 Å². The van der Waals surface area contributed by atoms with Crippen LogP contribution in [0.5, 0.6) is 5.75 Å². The Morgan fingerprint density at radius 3 is 2.62 bits per heavy atom. The lowest BCUT2D eigenvalue weighted by molar-refractivity contribution is 0.357. The zero-order valence-electron chi connectivity index (χ0n) is 12.9. The number of aromatic nitrogens is 1. The SMILES string of the molecule is CCNC(c1cc(C)nc(C)c1)c1ccc2c(c1)CCO2.